The molecule has 0 aromatic heterocycles. The molecular weight excluding hydrogens is 240 g/mol. The second kappa shape index (κ2) is 6.83. The van der Waals surface area contributed by atoms with Gasteiger partial charge in [0.1, 0.15) is 5.75 Å². The molecule has 2 amide bonds. The molecule has 102 valence electrons. The van der Waals surface area contributed by atoms with Crippen LogP contribution in [0.2, 0.25) is 0 Å². The Bertz CT molecular complexity index is 436. The highest BCUT2D eigenvalue weighted by Crippen LogP contribution is 2.29. The van der Waals surface area contributed by atoms with E-state index >= 15 is 0 Å². The van der Waals surface area contributed by atoms with Gasteiger partial charge in [0, 0.05) is 12.7 Å². The van der Waals surface area contributed by atoms with E-state index in [9.17, 15) is 4.79 Å². The van der Waals surface area contributed by atoms with Crippen LogP contribution in [0.5, 0.6) is 5.75 Å². The average molecular weight is 260 g/mol. The molecule has 0 bridgehead atoms. The molecule has 0 radical (unpaired) electrons. The molecule has 1 aromatic rings. The van der Waals surface area contributed by atoms with Gasteiger partial charge in [0.2, 0.25) is 0 Å². The molecule has 0 aliphatic heterocycles. The average Bonchev–Trinajstić information content (AvgIpc) is 3.24. The quantitative estimate of drug-likeness (QED) is 0.825. The summed E-state index contributed by atoms with van der Waals surface area (Å²) >= 11 is 0. The Labute approximate surface area is 113 Å². The number of nitrogens with one attached hydrogen (secondary N) is 2. The molecular formula is C15H20N2O2. The van der Waals surface area contributed by atoms with E-state index < -0.39 is 0 Å². The van der Waals surface area contributed by atoms with E-state index in [0.29, 0.717) is 12.5 Å². The van der Waals surface area contributed by atoms with Crippen LogP contribution in [0.1, 0.15) is 18.4 Å². The summed E-state index contributed by atoms with van der Waals surface area (Å²) in [5, 5.41) is 5.53. The summed E-state index contributed by atoms with van der Waals surface area (Å²) in [6.45, 7) is 0.620. The van der Waals surface area contributed by atoms with E-state index in [2.05, 4.69) is 10.6 Å². The van der Waals surface area contributed by atoms with Crippen molar-refractivity contribution in [1.29, 1.82) is 0 Å². The summed E-state index contributed by atoms with van der Waals surface area (Å²) in [6.07, 6.45) is 7.09. The number of ether oxygens (including phenoxy) is 1. The molecule has 1 aliphatic rings. The van der Waals surface area contributed by atoms with Crippen LogP contribution >= 0.6 is 0 Å². The van der Waals surface area contributed by atoms with Crippen LogP contribution < -0.4 is 15.4 Å². The Balaban J connectivity index is 1.62. The molecule has 2 rings (SSSR count). The summed E-state index contributed by atoms with van der Waals surface area (Å²) in [4.78, 5) is 11.4. The van der Waals surface area contributed by atoms with Gasteiger partial charge in [-0.25, -0.2) is 4.79 Å². The topological polar surface area (TPSA) is 50.4 Å². The lowest BCUT2D eigenvalue weighted by Gasteiger charge is -2.05. The fourth-order valence-corrected chi connectivity index (χ4v) is 1.71. The summed E-state index contributed by atoms with van der Waals surface area (Å²) in [7, 11) is 1.65. The lowest BCUT2D eigenvalue weighted by Crippen LogP contribution is -2.33. The zero-order valence-corrected chi connectivity index (χ0v) is 11.2. The third-order valence-corrected chi connectivity index (χ3v) is 3.06. The molecule has 1 aromatic carbocycles. The molecule has 1 saturated carbocycles. The molecule has 2 N–H and O–H groups in total. The summed E-state index contributed by atoms with van der Waals surface area (Å²) in [5.74, 6) is 1.53. The van der Waals surface area contributed by atoms with Crippen molar-refractivity contribution in [2.24, 2.45) is 5.92 Å². The summed E-state index contributed by atoms with van der Waals surface area (Å²) < 4.78 is 5.09. The number of rotatable bonds is 6. The number of urea groups is 1. The molecule has 19 heavy (non-hydrogen) atoms. The second-order valence-corrected chi connectivity index (χ2v) is 4.69. The lowest BCUT2D eigenvalue weighted by atomic mass is 10.1. The van der Waals surface area contributed by atoms with Crippen LogP contribution in [0, 0.1) is 5.92 Å². The number of benzene rings is 1. The highest BCUT2D eigenvalue weighted by molar-refractivity contribution is 5.74. The molecule has 0 saturated heterocycles. The van der Waals surface area contributed by atoms with Crippen molar-refractivity contribution >= 4 is 6.03 Å². The standard InChI is InChI=1S/C15H20N2O2/c1-19-14-6-4-13(5-7-14)9-11-17-15(18)16-10-8-12-2-3-12/h4-8,10,12H,2-3,9,11H2,1H3,(H2,16,17,18)/b10-8+. The van der Waals surface area contributed by atoms with Gasteiger partial charge in [-0.1, -0.05) is 18.2 Å². The summed E-state index contributed by atoms with van der Waals surface area (Å²) in [5.41, 5.74) is 1.18. The SMILES string of the molecule is COc1ccc(CCNC(=O)N/C=C/C2CC2)cc1. The van der Waals surface area contributed by atoms with E-state index in [1.54, 1.807) is 13.3 Å². The third kappa shape index (κ3) is 5.04. The first-order valence-corrected chi connectivity index (χ1v) is 6.62. The first-order chi connectivity index (χ1) is 9.28. The van der Waals surface area contributed by atoms with Gasteiger partial charge >= 0.3 is 6.03 Å². The highest BCUT2D eigenvalue weighted by Gasteiger charge is 2.16. The Hall–Kier alpha value is -1.97. The van der Waals surface area contributed by atoms with Gasteiger partial charge in [-0.2, -0.15) is 0 Å². The minimum atomic E-state index is -0.148. The second-order valence-electron chi connectivity index (χ2n) is 4.69. The molecule has 1 fully saturated rings. The van der Waals surface area contributed by atoms with Crippen LogP contribution in [0.4, 0.5) is 4.79 Å². The molecule has 0 spiro atoms. The van der Waals surface area contributed by atoms with Crippen molar-refractivity contribution in [3.63, 3.8) is 0 Å². The minimum Gasteiger partial charge on any atom is -0.497 e. The van der Waals surface area contributed by atoms with Gasteiger partial charge in [-0.05, 0) is 42.9 Å². The van der Waals surface area contributed by atoms with Gasteiger partial charge in [0.15, 0.2) is 0 Å². The van der Waals surface area contributed by atoms with Crippen LogP contribution in [0.25, 0.3) is 0 Å². The van der Waals surface area contributed by atoms with Gasteiger partial charge in [-0.15, -0.1) is 0 Å². The number of amides is 2. The smallest absolute Gasteiger partial charge is 0.318 e. The maximum absolute atomic E-state index is 11.4. The number of methoxy groups -OCH3 is 1. The van der Waals surface area contributed by atoms with Crippen LogP contribution in [0.3, 0.4) is 0 Å². The van der Waals surface area contributed by atoms with Gasteiger partial charge in [-0.3, -0.25) is 0 Å². The molecule has 4 nitrogen and oxygen atoms in total. The number of carbonyl (C=O) groups is 1. The molecule has 0 heterocycles. The number of hydrogen-bond acceptors (Lipinski definition) is 2. The van der Waals surface area contributed by atoms with Crippen molar-refractivity contribution in [2.45, 2.75) is 19.3 Å². The Morgan fingerprint density at radius 1 is 1.37 bits per heavy atom. The highest BCUT2D eigenvalue weighted by atomic mass is 16.5. The Morgan fingerprint density at radius 3 is 2.74 bits per heavy atom. The Morgan fingerprint density at radius 2 is 2.11 bits per heavy atom. The van der Waals surface area contributed by atoms with Crippen molar-refractivity contribution in [1.82, 2.24) is 10.6 Å². The van der Waals surface area contributed by atoms with E-state index in [1.165, 1.54) is 18.4 Å². The van der Waals surface area contributed by atoms with E-state index in [1.807, 2.05) is 30.3 Å². The van der Waals surface area contributed by atoms with Crippen molar-refractivity contribution < 1.29 is 9.53 Å². The lowest BCUT2D eigenvalue weighted by molar-refractivity contribution is 0.244. The first-order valence-electron chi connectivity index (χ1n) is 6.62. The Kier molecular flexibility index (Phi) is 4.84. The predicted octanol–water partition coefficient (Wildman–Crippen LogP) is 2.46. The van der Waals surface area contributed by atoms with Crippen LogP contribution in [-0.4, -0.2) is 19.7 Å². The number of hydrogen-bond donors (Lipinski definition) is 2. The molecule has 0 atom stereocenters. The zero-order valence-electron chi connectivity index (χ0n) is 11.2. The van der Waals surface area contributed by atoms with Crippen molar-refractivity contribution in [3.8, 4) is 5.75 Å². The first kappa shape index (κ1) is 13.5. The number of carbonyl (C=O) groups excluding carboxylic acids is 1. The molecule has 1 aliphatic carbocycles. The third-order valence-electron chi connectivity index (χ3n) is 3.06. The fourth-order valence-electron chi connectivity index (χ4n) is 1.71. The minimum absolute atomic E-state index is 0.148. The van der Waals surface area contributed by atoms with E-state index in [4.69, 9.17) is 4.74 Å². The van der Waals surface area contributed by atoms with E-state index in [0.717, 1.165) is 12.2 Å². The van der Waals surface area contributed by atoms with Crippen LogP contribution in [0.15, 0.2) is 36.5 Å². The maximum Gasteiger partial charge on any atom is 0.318 e. The predicted molar refractivity (Wildman–Crippen MR) is 75.1 cm³/mol. The van der Waals surface area contributed by atoms with Gasteiger partial charge in [0.25, 0.3) is 0 Å². The van der Waals surface area contributed by atoms with Gasteiger partial charge < -0.3 is 15.4 Å². The number of allylic oxidation sites excluding steroid dienone is 1. The zero-order chi connectivity index (χ0) is 13.5. The maximum atomic E-state index is 11.4. The van der Waals surface area contributed by atoms with Gasteiger partial charge in [0.05, 0.1) is 7.11 Å². The fraction of sp³-hybridized carbons (Fsp3) is 0.400. The van der Waals surface area contributed by atoms with Crippen molar-refractivity contribution in [3.05, 3.63) is 42.1 Å². The molecule has 0 unspecified atom stereocenters. The van der Waals surface area contributed by atoms with Crippen LogP contribution in [-0.2, 0) is 6.42 Å². The monoisotopic (exact) mass is 260 g/mol. The normalized spacial score (nSPS) is 14.4. The largest absolute Gasteiger partial charge is 0.497 e. The van der Waals surface area contributed by atoms with Crippen molar-refractivity contribution in [2.75, 3.05) is 13.7 Å². The summed E-state index contributed by atoms with van der Waals surface area (Å²) in [6, 6.07) is 7.71. The molecule has 4 heteroatoms. The van der Waals surface area contributed by atoms with E-state index in [-0.39, 0.29) is 6.03 Å².